The highest BCUT2D eigenvalue weighted by atomic mass is 15.0. The Balaban J connectivity index is 0.939. The lowest BCUT2D eigenvalue weighted by molar-refractivity contribution is 1.18. The van der Waals surface area contributed by atoms with Gasteiger partial charge < -0.3 is 13.5 Å². The molecule has 0 fully saturated rings. The van der Waals surface area contributed by atoms with Gasteiger partial charge in [-0.1, -0.05) is 121 Å². The highest BCUT2D eigenvalue weighted by Crippen LogP contribution is 2.42. The largest absolute Gasteiger partial charge is 0.309 e. The Morgan fingerprint density at radius 2 is 0.695 bits per heavy atom. The summed E-state index contributed by atoms with van der Waals surface area (Å²) < 4.78 is 7.35. The third-order valence-corrected chi connectivity index (χ3v) is 13.1. The van der Waals surface area contributed by atoms with E-state index in [-0.39, 0.29) is 0 Å². The molecule has 0 aliphatic heterocycles. The summed E-state index contributed by atoms with van der Waals surface area (Å²) in [6.07, 6.45) is 0. The van der Waals surface area contributed by atoms with Crippen LogP contribution in [0.1, 0.15) is 0 Å². The third-order valence-electron chi connectivity index (χ3n) is 13.1. The van der Waals surface area contributed by atoms with E-state index in [9.17, 15) is 0 Å². The van der Waals surface area contributed by atoms with E-state index in [1.807, 2.05) is 0 Å². The van der Waals surface area contributed by atoms with Gasteiger partial charge in [-0.25, -0.2) is 0 Å². The van der Waals surface area contributed by atoms with Crippen molar-refractivity contribution >= 4 is 103 Å². The first-order valence-electron chi connectivity index (χ1n) is 20.4. The lowest BCUT2D eigenvalue weighted by Crippen LogP contribution is -1.94. The van der Waals surface area contributed by atoms with E-state index in [2.05, 4.69) is 214 Å². The molecule has 59 heavy (non-hydrogen) atoms. The normalized spacial score (nSPS) is 12.4. The van der Waals surface area contributed by atoms with E-state index in [0.29, 0.717) is 0 Å². The van der Waals surface area contributed by atoms with Gasteiger partial charge in [0.05, 0.1) is 38.6 Å². The number of rotatable bonds is 3. The Bertz CT molecular complexity index is 4080. The van der Waals surface area contributed by atoms with Crippen molar-refractivity contribution in [2.24, 2.45) is 0 Å². The molecule has 14 aromatic rings. The van der Waals surface area contributed by atoms with Gasteiger partial charge in [-0.2, -0.15) is 0 Å². The van der Waals surface area contributed by atoms with Crippen LogP contribution in [0.2, 0.25) is 0 Å². The lowest BCUT2D eigenvalue weighted by atomic mass is 10.0. The number of hydrogen-bond acceptors (Lipinski definition) is 0. The quantitative estimate of drug-likeness (QED) is 0.160. The lowest BCUT2D eigenvalue weighted by Gasteiger charge is -2.11. The van der Waals surface area contributed by atoms with E-state index < -0.39 is 0 Å². The predicted octanol–water partition coefficient (Wildman–Crippen LogP) is 15.0. The number of hydrogen-bond donors (Lipinski definition) is 0. The maximum absolute atomic E-state index is 2.47. The van der Waals surface area contributed by atoms with E-state index in [1.54, 1.807) is 0 Å². The minimum absolute atomic E-state index is 1.16. The molecule has 3 nitrogen and oxygen atoms in total. The van der Waals surface area contributed by atoms with Gasteiger partial charge in [-0.3, -0.25) is 0 Å². The fourth-order valence-electron chi connectivity index (χ4n) is 10.5. The van der Waals surface area contributed by atoms with Crippen molar-refractivity contribution < 1.29 is 0 Å². The summed E-state index contributed by atoms with van der Waals surface area (Å²) in [6.45, 7) is 0. The Hall–Kier alpha value is -7.88. The summed E-state index contributed by atoms with van der Waals surface area (Å²) in [5.41, 5.74) is 13.4. The molecule has 0 aliphatic rings. The monoisotopic (exact) mass is 747 g/mol. The first-order valence-corrected chi connectivity index (χ1v) is 20.4. The van der Waals surface area contributed by atoms with Crippen LogP contribution in [0, 0.1) is 0 Å². The van der Waals surface area contributed by atoms with Gasteiger partial charge in [0.25, 0.3) is 0 Å². The second kappa shape index (κ2) is 11.4. The second-order valence-corrected chi connectivity index (χ2v) is 16.2. The van der Waals surface area contributed by atoms with Crippen molar-refractivity contribution in [3.63, 3.8) is 0 Å². The van der Waals surface area contributed by atoms with E-state index >= 15 is 0 Å². The first kappa shape index (κ1) is 31.2. The molecule has 0 aliphatic carbocycles. The third kappa shape index (κ3) is 4.21. The maximum Gasteiger partial charge on any atom is 0.0620 e. The average molecular weight is 748 g/mol. The maximum atomic E-state index is 2.47. The Kier molecular flexibility index (Phi) is 6.02. The molecule has 0 bridgehead atoms. The Morgan fingerprint density at radius 1 is 0.237 bits per heavy atom. The minimum Gasteiger partial charge on any atom is -0.309 e. The molecule has 10 aromatic carbocycles. The summed E-state index contributed by atoms with van der Waals surface area (Å²) in [5.74, 6) is 0. The molecule has 0 saturated carbocycles. The second-order valence-electron chi connectivity index (χ2n) is 16.2. The highest BCUT2D eigenvalue weighted by Gasteiger charge is 2.20. The smallest absolute Gasteiger partial charge is 0.0620 e. The topological polar surface area (TPSA) is 14.3 Å². The minimum atomic E-state index is 1.16. The average Bonchev–Trinajstić information content (AvgIpc) is 4.02. The number of aromatic nitrogens is 3. The van der Waals surface area contributed by atoms with Crippen LogP contribution in [-0.2, 0) is 0 Å². The van der Waals surface area contributed by atoms with Gasteiger partial charge in [0.1, 0.15) is 0 Å². The molecule has 4 aromatic heterocycles. The molecule has 272 valence electrons. The van der Waals surface area contributed by atoms with Crippen molar-refractivity contribution in [3.8, 4) is 22.5 Å². The standard InChI is InChI=1S/C56H33N3/c1-2-11-35-29-39-30-40(23-20-36(39)28-34(35)10-1)57-50-17-6-4-13-43(50)48-31-37(21-26-53(48)57)38-22-27-54-49(32-38)44-14-5-7-18-51(44)58(54)41-24-25-45-47-16-9-15-46-42-12-3-8-19-52(42)59(56(46)47)55(45)33-41/h1-33H. The van der Waals surface area contributed by atoms with Crippen molar-refractivity contribution in [2.45, 2.75) is 0 Å². The van der Waals surface area contributed by atoms with Crippen LogP contribution in [0.4, 0.5) is 0 Å². The molecule has 14 rings (SSSR count). The molecule has 0 atom stereocenters. The number of nitrogens with zero attached hydrogens (tertiary/aromatic N) is 3. The van der Waals surface area contributed by atoms with Crippen LogP contribution in [0.3, 0.4) is 0 Å². The fourth-order valence-corrected chi connectivity index (χ4v) is 10.5. The van der Waals surface area contributed by atoms with Crippen molar-refractivity contribution in [1.29, 1.82) is 0 Å². The van der Waals surface area contributed by atoms with Crippen molar-refractivity contribution in [3.05, 3.63) is 200 Å². The van der Waals surface area contributed by atoms with Crippen molar-refractivity contribution in [1.82, 2.24) is 13.5 Å². The van der Waals surface area contributed by atoms with Crippen LogP contribution in [-0.4, -0.2) is 13.5 Å². The molecule has 0 saturated heterocycles. The van der Waals surface area contributed by atoms with Gasteiger partial charge in [-0.15, -0.1) is 0 Å². The Morgan fingerprint density at radius 3 is 1.34 bits per heavy atom. The van der Waals surface area contributed by atoms with Crippen LogP contribution in [0.25, 0.3) is 126 Å². The zero-order chi connectivity index (χ0) is 38.3. The number of para-hydroxylation sites is 4. The first-order chi connectivity index (χ1) is 29.2. The molecule has 3 heteroatoms. The predicted molar refractivity (Wildman–Crippen MR) is 250 cm³/mol. The number of benzene rings is 10. The Labute approximate surface area is 338 Å². The van der Waals surface area contributed by atoms with Gasteiger partial charge in [-0.05, 0) is 112 Å². The van der Waals surface area contributed by atoms with Gasteiger partial charge in [0, 0.05) is 54.5 Å². The van der Waals surface area contributed by atoms with E-state index in [4.69, 9.17) is 0 Å². The summed E-state index contributed by atoms with van der Waals surface area (Å²) in [5, 5.41) is 15.3. The molecule has 0 spiro atoms. The molecule has 0 radical (unpaired) electrons. The SMILES string of the molecule is c1ccc2cc3cc(-n4c5ccccc5c5cc(-c6ccc7c(c6)c6ccccc6n7-c6ccc7c8cccc9c%10ccccc%10n(c7c6)c98)ccc54)ccc3cc2c1. The van der Waals surface area contributed by atoms with E-state index in [0.717, 1.165) is 5.69 Å². The van der Waals surface area contributed by atoms with Gasteiger partial charge >= 0.3 is 0 Å². The zero-order valence-electron chi connectivity index (χ0n) is 31.9. The fraction of sp³-hybridized carbons (Fsp3) is 0. The van der Waals surface area contributed by atoms with Crippen molar-refractivity contribution in [2.75, 3.05) is 0 Å². The summed E-state index contributed by atoms with van der Waals surface area (Å²) in [7, 11) is 0. The van der Waals surface area contributed by atoms with Crippen LogP contribution in [0.15, 0.2) is 200 Å². The van der Waals surface area contributed by atoms with E-state index in [1.165, 1.54) is 120 Å². The molecule has 0 amide bonds. The number of fused-ring (bicyclic) bond motifs is 14. The summed E-state index contributed by atoms with van der Waals surface area (Å²) in [6, 6.07) is 74.3. The van der Waals surface area contributed by atoms with Crippen LogP contribution >= 0.6 is 0 Å². The molecular formula is C56H33N3. The van der Waals surface area contributed by atoms with Gasteiger partial charge in [0.2, 0.25) is 0 Å². The summed E-state index contributed by atoms with van der Waals surface area (Å²) in [4.78, 5) is 0. The zero-order valence-corrected chi connectivity index (χ0v) is 31.9. The molecule has 4 heterocycles. The molecule has 0 N–H and O–H groups in total. The molecular weight excluding hydrogens is 715 g/mol. The van der Waals surface area contributed by atoms with Crippen LogP contribution < -0.4 is 0 Å². The summed E-state index contributed by atoms with van der Waals surface area (Å²) >= 11 is 0. The highest BCUT2D eigenvalue weighted by molar-refractivity contribution is 6.23. The van der Waals surface area contributed by atoms with Crippen LogP contribution in [0.5, 0.6) is 0 Å². The van der Waals surface area contributed by atoms with Gasteiger partial charge in [0.15, 0.2) is 0 Å². The molecule has 0 unspecified atom stereocenters.